The number of amides is 3. The van der Waals surface area contributed by atoms with Crippen LogP contribution in [-0.4, -0.2) is 53.2 Å². The second-order valence-corrected chi connectivity index (χ2v) is 5.30. The van der Waals surface area contributed by atoms with Gasteiger partial charge in [0.05, 0.1) is 12.1 Å². The van der Waals surface area contributed by atoms with Gasteiger partial charge >= 0.3 is 6.03 Å². The summed E-state index contributed by atoms with van der Waals surface area (Å²) >= 11 is 0. The van der Waals surface area contributed by atoms with Gasteiger partial charge in [-0.05, 0) is 20.3 Å². The average Bonchev–Trinajstić information content (AvgIpc) is 2.13. The van der Waals surface area contributed by atoms with Crippen molar-refractivity contribution in [3.05, 3.63) is 0 Å². The Bertz CT molecular complexity index is 312. The molecule has 0 bridgehead atoms. The van der Waals surface area contributed by atoms with Crippen LogP contribution in [0.4, 0.5) is 4.79 Å². The van der Waals surface area contributed by atoms with Crippen molar-refractivity contribution >= 4 is 11.9 Å². The van der Waals surface area contributed by atoms with Gasteiger partial charge in [0.2, 0.25) is 5.91 Å². The number of nitrogens with zero attached hydrogens (tertiary/aromatic N) is 1. The Morgan fingerprint density at radius 3 is 2.50 bits per heavy atom. The maximum atomic E-state index is 11.5. The fourth-order valence-corrected chi connectivity index (χ4v) is 2.19. The summed E-state index contributed by atoms with van der Waals surface area (Å²) in [6.45, 7) is 6.82. The van der Waals surface area contributed by atoms with Gasteiger partial charge < -0.3 is 10.4 Å². The summed E-state index contributed by atoms with van der Waals surface area (Å²) in [6, 6.07) is -0.476. The van der Waals surface area contributed by atoms with Crippen LogP contribution in [-0.2, 0) is 4.79 Å². The van der Waals surface area contributed by atoms with E-state index in [9.17, 15) is 14.7 Å². The fraction of sp³-hybridized carbons (Fsp3) is 0.833. The van der Waals surface area contributed by atoms with Crippen LogP contribution in [0.2, 0.25) is 0 Å². The number of imide groups is 1. The monoisotopic (exact) mass is 257 g/mol. The molecule has 6 heteroatoms. The first-order valence-electron chi connectivity index (χ1n) is 6.40. The van der Waals surface area contributed by atoms with Crippen molar-refractivity contribution in [2.24, 2.45) is 0 Å². The molecule has 18 heavy (non-hydrogen) atoms. The molecule has 0 aromatic carbocycles. The molecule has 0 aromatic rings. The largest absolute Gasteiger partial charge is 0.387 e. The highest BCUT2D eigenvalue weighted by atomic mass is 16.3. The summed E-state index contributed by atoms with van der Waals surface area (Å²) in [5, 5.41) is 14.8. The molecule has 1 rings (SSSR count). The smallest absolute Gasteiger partial charge is 0.321 e. The number of hydrogen-bond acceptors (Lipinski definition) is 4. The van der Waals surface area contributed by atoms with E-state index in [0.29, 0.717) is 13.1 Å². The van der Waals surface area contributed by atoms with E-state index in [-0.39, 0.29) is 18.5 Å². The quantitative estimate of drug-likeness (QED) is 0.651. The first-order valence-corrected chi connectivity index (χ1v) is 6.40. The standard InChI is InChI=1S/C12H23N3O3/c1-4-5-12(18)7-15(8-12)6-10(16)14-11(17)13-9(2)3/h9,18H,4-8H2,1-3H3,(H2,13,14,16,17). The molecule has 0 aromatic heterocycles. The number of aliphatic hydroxyl groups is 1. The van der Waals surface area contributed by atoms with E-state index in [4.69, 9.17) is 0 Å². The lowest BCUT2D eigenvalue weighted by atomic mass is 9.89. The molecule has 6 nitrogen and oxygen atoms in total. The van der Waals surface area contributed by atoms with Gasteiger partial charge in [0.15, 0.2) is 0 Å². The van der Waals surface area contributed by atoms with Crippen LogP contribution in [0.1, 0.15) is 33.6 Å². The number of hydrogen-bond donors (Lipinski definition) is 3. The van der Waals surface area contributed by atoms with E-state index in [1.165, 1.54) is 0 Å². The Balaban J connectivity index is 2.21. The fourth-order valence-electron chi connectivity index (χ4n) is 2.19. The van der Waals surface area contributed by atoms with Crippen LogP contribution in [0.3, 0.4) is 0 Å². The van der Waals surface area contributed by atoms with Gasteiger partial charge in [0.1, 0.15) is 0 Å². The van der Waals surface area contributed by atoms with Gasteiger partial charge in [-0.15, -0.1) is 0 Å². The molecule has 0 spiro atoms. The van der Waals surface area contributed by atoms with Crippen molar-refractivity contribution in [3.8, 4) is 0 Å². The minimum Gasteiger partial charge on any atom is -0.387 e. The van der Waals surface area contributed by atoms with Crippen molar-refractivity contribution in [1.29, 1.82) is 0 Å². The predicted octanol–water partition coefficient (Wildman–Crippen LogP) is 0.0674. The number of urea groups is 1. The second kappa shape index (κ2) is 6.15. The molecule has 104 valence electrons. The Morgan fingerprint density at radius 2 is 2.00 bits per heavy atom. The van der Waals surface area contributed by atoms with E-state index >= 15 is 0 Å². The van der Waals surface area contributed by atoms with Gasteiger partial charge in [-0.3, -0.25) is 15.0 Å². The zero-order valence-corrected chi connectivity index (χ0v) is 11.3. The van der Waals surface area contributed by atoms with Crippen LogP contribution in [0, 0.1) is 0 Å². The van der Waals surface area contributed by atoms with Crippen LogP contribution in [0.25, 0.3) is 0 Å². The van der Waals surface area contributed by atoms with Gasteiger partial charge in [0, 0.05) is 19.1 Å². The Labute approximate surface area is 108 Å². The van der Waals surface area contributed by atoms with Gasteiger partial charge in [0.25, 0.3) is 0 Å². The molecule has 0 aliphatic carbocycles. The summed E-state index contributed by atoms with van der Waals surface area (Å²) in [7, 11) is 0. The first-order chi connectivity index (χ1) is 8.34. The van der Waals surface area contributed by atoms with Crippen molar-refractivity contribution in [3.63, 3.8) is 0 Å². The minimum atomic E-state index is -0.644. The number of nitrogens with one attached hydrogen (secondary N) is 2. The van der Waals surface area contributed by atoms with E-state index in [1.807, 2.05) is 25.7 Å². The third-order valence-corrected chi connectivity index (χ3v) is 2.79. The van der Waals surface area contributed by atoms with Crippen molar-refractivity contribution < 1.29 is 14.7 Å². The normalized spacial score (nSPS) is 18.3. The van der Waals surface area contributed by atoms with Crippen molar-refractivity contribution in [2.75, 3.05) is 19.6 Å². The van der Waals surface area contributed by atoms with Gasteiger partial charge in [-0.25, -0.2) is 4.79 Å². The number of likely N-dealkylation sites (tertiary alicyclic amines) is 1. The lowest BCUT2D eigenvalue weighted by Crippen LogP contribution is -2.63. The molecule has 1 heterocycles. The van der Waals surface area contributed by atoms with E-state index in [1.54, 1.807) is 0 Å². The summed E-state index contributed by atoms with van der Waals surface area (Å²) < 4.78 is 0. The highest BCUT2D eigenvalue weighted by Gasteiger charge is 2.40. The summed E-state index contributed by atoms with van der Waals surface area (Å²) in [4.78, 5) is 24.6. The van der Waals surface area contributed by atoms with Crippen molar-refractivity contribution in [2.45, 2.75) is 45.3 Å². The summed E-state index contributed by atoms with van der Waals surface area (Å²) in [6.07, 6.45) is 1.67. The molecule has 0 unspecified atom stereocenters. The van der Waals surface area contributed by atoms with Gasteiger partial charge in [-0.1, -0.05) is 13.3 Å². The van der Waals surface area contributed by atoms with Crippen LogP contribution < -0.4 is 10.6 Å². The number of carbonyl (C=O) groups excluding carboxylic acids is 2. The SMILES string of the molecule is CCCC1(O)CN(CC(=O)NC(=O)NC(C)C)C1. The third-order valence-electron chi connectivity index (χ3n) is 2.79. The molecule has 1 saturated heterocycles. The average molecular weight is 257 g/mol. The molecule has 0 atom stereocenters. The number of carbonyl (C=O) groups is 2. The summed E-state index contributed by atoms with van der Waals surface area (Å²) in [5.41, 5.74) is -0.644. The van der Waals surface area contributed by atoms with Gasteiger partial charge in [-0.2, -0.15) is 0 Å². The Morgan fingerprint density at radius 1 is 1.39 bits per heavy atom. The number of rotatable bonds is 5. The lowest BCUT2D eigenvalue weighted by Gasteiger charge is -2.46. The summed E-state index contributed by atoms with van der Waals surface area (Å²) in [5.74, 6) is -0.341. The molecule has 1 aliphatic rings. The highest BCUT2D eigenvalue weighted by molar-refractivity contribution is 5.95. The topological polar surface area (TPSA) is 81.7 Å². The zero-order valence-electron chi connectivity index (χ0n) is 11.3. The van der Waals surface area contributed by atoms with Crippen molar-refractivity contribution in [1.82, 2.24) is 15.5 Å². The second-order valence-electron chi connectivity index (χ2n) is 5.30. The molecule has 3 amide bonds. The predicted molar refractivity (Wildman–Crippen MR) is 68.1 cm³/mol. The first kappa shape index (κ1) is 14.9. The molecule has 0 saturated carbocycles. The molecular formula is C12H23N3O3. The molecule has 1 aliphatic heterocycles. The third kappa shape index (κ3) is 4.62. The Hall–Kier alpha value is -1.14. The zero-order chi connectivity index (χ0) is 13.8. The highest BCUT2D eigenvalue weighted by Crippen LogP contribution is 2.24. The molecule has 1 fully saturated rings. The Kier molecular flexibility index (Phi) is 5.10. The van der Waals surface area contributed by atoms with Crippen LogP contribution in [0.15, 0.2) is 0 Å². The van der Waals surface area contributed by atoms with E-state index < -0.39 is 11.6 Å². The van der Waals surface area contributed by atoms with Crippen LogP contribution in [0.5, 0.6) is 0 Å². The maximum Gasteiger partial charge on any atom is 0.321 e. The van der Waals surface area contributed by atoms with E-state index in [2.05, 4.69) is 10.6 Å². The molecule has 0 radical (unpaired) electrons. The van der Waals surface area contributed by atoms with E-state index in [0.717, 1.165) is 12.8 Å². The minimum absolute atomic E-state index is 0.00328. The van der Waals surface area contributed by atoms with Crippen LogP contribution >= 0.6 is 0 Å². The molecule has 3 N–H and O–H groups in total. The maximum absolute atomic E-state index is 11.5. The molecular weight excluding hydrogens is 234 g/mol. The lowest BCUT2D eigenvalue weighted by molar-refractivity contribution is -0.132. The number of β-amino-alcohol motifs (C(OH)–C–C–N with tert-alkyl or cyclic N) is 1.